The molecule has 1 unspecified atom stereocenters. The first-order chi connectivity index (χ1) is 16.4. The molecule has 1 aliphatic rings. The minimum Gasteiger partial charge on any atom is -0.480 e. The van der Waals surface area contributed by atoms with E-state index in [4.69, 9.17) is 5.11 Å². The highest BCUT2D eigenvalue weighted by Crippen LogP contribution is 2.26. The second-order valence-corrected chi connectivity index (χ2v) is 8.16. The van der Waals surface area contributed by atoms with Crippen molar-refractivity contribution in [2.24, 2.45) is 5.92 Å². The summed E-state index contributed by atoms with van der Waals surface area (Å²) in [7, 11) is 0. The average molecular weight is 456 g/mol. The quantitative estimate of drug-likeness (QED) is 0.532. The van der Waals surface area contributed by atoms with E-state index in [1.54, 1.807) is 0 Å². The molecular weight excluding hydrogens is 432 g/mol. The number of rotatable bonds is 7. The summed E-state index contributed by atoms with van der Waals surface area (Å²) >= 11 is 0. The zero-order valence-corrected chi connectivity index (χ0v) is 18.4. The van der Waals surface area contributed by atoms with Crippen LogP contribution in [0.5, 0.6) is 0 Å². The predicted octanol–water partition coefficient (Wildman–Crippen LogP) is 3.14. The Kier molecular flexibility index (Phi) is 6.82. The van der Waals surface area contributed by atoms with Gasteiger partial charge in [-0.1, -0.05) is 78.9 Å². The van der Waals surface area contributed by atoms with Crippen LogP contribution in [0.25, 0.3) is 22.3 Å². The molecule has 1 aliphatic heterocycles. The third-order valence-corrected chi connectivity index (χ3v) is 5.84. The standard InChI is InChI=1S/C27H24N2O5/c30-23-14-15-29(27(34)25(23)26(33)28-16-24(31)32)17-18-6-8-20(9-7-18)22-12-10-21(11-13-22)19-4-2-1-3-5-19/h1-13,25H,14-17H2,(H,28,33)(H,31,32). The zero-order valence-electron chi connectivity index (χ0n) is 18.4. The Hall–Kier alpha value is -4.26. The number of piperidine rings is 1. The van der Waals surface area contributed by atoms with Crippen molar-refractivity contribution < 1.29 is 24.3 Å². The van der Waals surface area contributed by atoms with Crippen LogP contribution in [0.3, 0.4) is 0 Å². The van der Waals surface area contributed by atoms with E-state index < -0.39 is 36.0 Å². The van der Waals surface area contributed by atoms with Gasteiger partial charge in [-0.25, -0.2) is 0 Å². The molecular formula is C27H24N2O5. The summed E-state index contributed by atoms with van der Waals surface area (Å²) in [6.07, 6.45) is 0.0583. The first-order valence-corrected chi connectivity index (χ1v) is 11.0. The molecule has 3 aromatic carbocycles. The molecule has 0 radical (unpaired) electrons. The summed E-state index contributed by atoms with van der Waals surface area (Å²) in [5, 5.41) is 10.8. The van der Waals surface area contributed by atoms with Gasteiger partial charge < -0.3 is 15.3 Å². The van der Waals surface area contributed by atoms with Gasteiger partial charge in [-0.2, -0.15) is 0 Å². The number of benzene rings is 3. The van der Waals surface area contributed by atoms with Crippen molar-refractivity contribution in [3.05, 3.63) is 84.4 Å². The molecule has 0 aliphatic carbocycles. The molecule has 2 amide bonds. The summed E-state index contributed by atoms with van der Waals surface area (Å²) in [5.41, 5.74) is 5.28. The van der Waals surface area contributed by atoms with Crippen LogP contribution in [0.15, 0.2) is 78.9 Å². The van der Waals surface area contributed by atoms with E-state index in [9.17, 15) is 19.2 Å². The number of carbonyl (C=O) groups is 4. The van der Waals surface area contributed by atoms with Crippen molar-refractivity contribution >= 4 is 23.6 Å². The number of amides is 2. The van der Waals surface area contributed by atoms with Gasteiger partial charge in [-0.15, -0.1) is 0 Å². The Morgan fingerprint density at radius 1 is 0.824 bits per heavy atom. The Balaban J connectivity index is 1.42. The normalized spacial score (nSPS) is 15.8. The Morgan fingerprint density at radius 3 is 1.91 bits per heavy atom. The van der Waals surface area contributed by atoms with Crippen molar-refractivity contribution in [1.82, 2.24) is 10.2 Å². The van der Waals surface area contributed by atoms with Gasteiger partial charge in [0.15, 0.2) is 11.7 Å². The van der Waals surface area contributed by atoms with E-state index in [0.717, 1.165) is 27.8 Å². The Labute approximate surface area is 197 Å². The molecule has 1 atom stereocenters. The smallest absolute Gasteiger partial charge is 0.322 e. The lowest BCUT2D eigenvalue weighted by molar-refractivity contribution is -0.152. The number of hydrogen-bond donors (Lipinski definition) is 2. The van der Waals surface area contributed by atoms with Crippen molar-refractivity contribution in [2.45, 2.75) is 13.0 Å². The molecule has 172 valence electrons. The van der Waals surface area contributed by atoms with Gasteiger partial charge in [0.25, 0.3) is 0 Å². The van der Waals surface area contributed by atoms with Gasteiger partial charge in [0.1, 0.15) is 6.54 Å². The summed E-state index contributed by atoms with van der Waals surface area (Å²) in [4.78, 5) is 49.2. The largest absolute Gasteiger partial charge is 0.480 e. The number of nitrogens with one attached hydrogen (secondary N) is 1. The number of carboxylic acids is 1. The molecule has 1 saturated heterocycles. The Bertz CT molecular complexity index is 1200. The van der Waals surface area contributed by atoms with Crippen LogP contribution in [0.1, 0.15) is 12.0 Å². The van der Waals surface area contributed by atoms with Gasteiger partial charge in [0.2, 0.25) is 11.8 Å². The molecule has 7 heteroatoms. The molecule has 3 aromatic rings. The van der Waals surface area contributed by atoms with Crippen LogP contribution in [0, 0.1) is 5.92 Å². The average Bonchev–Trinajstić information content (AvgIpc) is 2.86. The third-order valence-electron chi connectivity index (χ3n) is 5.84. The van der Waals surface area contributed by atoms with E-state index in [0.29, 0.717) is 0 Å². The lowest BCUT2D eigenvalue weighted by atomic mass is 9.94. The highest BCUT2D eigenvalue weighted by atomic mass is 16.4. The molecule has 0 aromatic heterocycles. The van der Waals surface area contributed by atoms with E-state index in [2.05, 4.69) is 41.7 Å². The molecule has 34 heavy (non-hydrogen) atoms. The van der Waals surface area contributed by atoms with E-state index >= 15 is 0 Å². The number of carbonyl (C=O) groups excluding carboxylic acids is 3. The lowest BCUT2D eigenvalue weighted by Crippen LogP contribution is -2.52. The molecule has 0 spiro atoms. The van der Waals surface area contributed by atoms with Gasteiger partial charge in [-0.3, -0.25) is 19.2 Å². The number of Topliss-reactive ketones (excluding diaryl/α,β-unsaturated/α-hetero) is 1. The maximum Gasteiger partial charge on any atom is 0.322 e. The fraction of sp³-hybridized carbons (Fsp3) is 0.185. The van der Waals surface area contributed by atoms with Gasteiger partial charge in [-0.05, 0) is 27.8 Å². The lowest BCUT2D eigenvalue weighted by Gasteiger charge is -2.30. The van der Waals surface area contributed by atoms with Crippen molar-refractivity contribution in [3.8, 4) is 22.3 Å². The minimum atomic E-state index is -1.49. The Morgan fingerprint density at radius 2 is 1.35 bits per heavy atom. The molecule has 0 bridgehead atoms. The van der Waals surface area contributed by atoms with Gasteiger partial charge in [0, 0.05) is 19.5 Å². The maximum absolute atomic E-state index is 12.8. The maximum atomic E-state index is 12.8. The monoisotopic (exact) mass is 456 g/mol. The fourth-order valence-electron chi connectivity index (χ4n) is 4.01. The molecule has 2 N–H and O–H groups in total. The number of nitrogens with zero attached hydrogens (tertiary/aromatic N) is 1. The van der Waals surface area contributed by atoms with Crippen LogP contribution in [-0.2, 0) is 25.7 Å². The molecule has 1 fully saturated rings. The molecule has 0 saturated carbocycles. The highest BCUT2D eigenvalue weighted by Gasteiger charge is 2.40. The second-order valence-electron chi connectivity index (χ2n) is 8.16. The minimum absolute atomic E-state index is 0.0583. The topological polar surface area (TPSA) is 104 Å². The SMILES string of the molecule is O=C(O)CNC(=O)C1C(=O)CCN(Cc2ccc(-c3ccc(-c4ccccc4)cc3)cc2)C1=O. The van der Waals surface area contributed by atoms with Crippen molar-refractivity contribution in [3.63, 3.8) is 0 Å². The molecule has 4 rings (SSSR count). The van der Waals surface area contributed by atoms with Crippen molar-refractivity contribution in [1.29, 1.82) is 0 Å². The molecule has 1 heterocycles. The number of ketones is 1. The molecule has 7 nitrogen and oxygen atoms in total. The van der Waals surface area contributed by atoms with Gasteiger partial charge in [0.05, 0.1) is 0 Å². The summed E-state index contributed by atoms with van der Waals surface area (Å²) in [6, 6.07) is 26.2. The van der Waals surface area contributed by atoms with E-state index in [1.807, 2.05) is 42.5 Å². The van der Waals surface area contributed by atoms with Crippen LogP contribution in [0.2, 0.25) is 0 Å². The van der Waals surface area contributed by atoms with Crippen LogP contribution >= 0.6 is 0 Å². The highest BCUT2D eigenvalue weighted by molar-refractivity contribution is 6.19. The zero-order chi connectivity index (χ0) is 24.1. The number of hydrogen-bond acceptors (Lipinski definition) is 4. The summed E-state index contributed by atoms with van der Waals surface area (Å²) < 4.78 is 0. The van der Waals surface area contributed by atoms with Crippen LogP contribution in [0.4, 0.5) is 0 Å². The second kappa shape index (κ2) is 10.1. The fourth-order valence-corrected chi connectivity index (χ4v) is 4.01. The summed E-state index contributed by atoms with van der Waals surface area (Å²) in [5.74, 6) is -4.68. The van der Waals surface area contributed by atoms with Crippen LogP contribution in [-0.4, -0.2) is 46.7 Å². The van der Waals surface area contributed by atoms with E-state index in [1.165, 1.54) is 4.90 Å². The van der Waals surface area contributed by atoms with E-state index in [-0.39, 0.29) is 19.5 Å². The third kappa shape index (κ3) is 5.20. The number of carboxylic acid groups (broad SMARTS) is 1. The summed E-state index contributed by atoms with van der Waals surface area (Å²) in [6.45, 7) is -0.144. The van der Waals surface area contributed by atoms with Crippen molar-refractivity contribution in [2.75, 3.05) is 13.1 Å². The number of aliphatic carboxylic acids is 1. The predicted molar refractivity (Wildman–Crippen MR) is 126 cm³/mol. The first kappa shape index (κ1) is 22.9. The van der Waals surface area contributed by atoms with Crippen LogP contribution < -0.4 is 5.32 Å². The number of likely N-dealkylation sites (tertiary alicyclic amines) is 1. The first-order valence-electron chi connectivity index (χ1n) is 11.0. The van der Waals surface area contributed by atoms with Gasteiger partial charge >= 0.3 is 5.97 Å².